The van der Waals surface area contributed by atoms with Crippen LogP contribution in [0, 0.1) is 0 Å². The molecule has 5 rings (SSSR count). The molecule has 1 aliphatic carbocycles. The molecule has 1 fully saturated rings. The third-order valence-corrected chi connectivity index (χ3v) is 7.45. The molecule has 3 aromatic heterocycles. The number of hydrogen-bond donors (Lipinski definition) is 2. The fourth-order valence-corrected chi connectivity index (χ4v) is 5.99. The molecule has 2 aliphatic rings. The molecule has 6 nitrogen and oxygen atoms in total. The van der Waals surface area contributed by atoms with Gasteiger partial charge in [-0.2, -0.15) is 0 Å². The van der Waals surface area contributed by atoms with Crippen molar-refractivity contribution in [3.8, 4) is 0 Å². The Morgan fingerprint density at radius 3 is 2.66 bits per heavy atom. The van der Waals surface area contributed by atoms with Crippen LogP contribution in [-0.2, 0) is 12.8 Å². The van der Waals surface area contributed by atoms with Crippen LogP contribution in [0.4, 0.5) is 11.6 Å². The average Bonchev–Trinajstić information content (AvgIpc) is 3.13. The smallest absolute Gasteiger partial charge is 0.278 e. The largest absolute Gasteiger partial charge is 0.363 e. The predicted molar refractivity (Wildman–Crippen MR) is 120 cm³/mol. The molecule has 0 unspecified atom stereocenters. The maximum absolute atomic E-state index is 4.74. The summed E-state index contributed by atoms with van der Waals surface area (Å²) in [5, 5.41) is 4.90. The Hall–Kier alpha value is -1.99. The lowest BCUT2D eigenvalue weighted by molar-refractivity contribution is -0.856. The van der Waals surface area contributed by atoms with Gasteiger partial charge in [-0.1, -0.05) is 11.3 Å². The molecule has 0 radical (unpaired) electrons. The van der Waals surface area contributed by atoms with Crippen LogP contribution < -0.4 is 20.1 Å². The van der Waals surface area contributed by atoms with Gasteiger partial charge in [-0.3, -0.25) is 4.90 Å². The molecule has 0 bridgehead atoms. The zero-order valence-corrected chi connectivity index (χ0v) is 18.4. The van der Waals surface area contributed by atoms with E-state index in [1.807, 2.05) is 11.3 Å². The van der Waals surface area contributed by atoms with Gasteiger partial charge in [0, 0.05) is 5.56 Å². The third-order valence-electron chi connectivity index (χ3n) is 6.35. The van der Waals surface area contributed by atoms with Gasteiger partial charge in [-0.05, 0) is 50.5 Å². The topological polar surface area (TPSA) is 59.6 Å². The number of piperidine rings is 1. The highest BCUT2D eigenvalue weighted by molar-refractivity contribution is 7.25. The van der Waals surface area contributed by atoms with Gasteiger partial charge in [0.25, 0.3) is 5.82 Å². The molecule has 7 heteroatoms. The second-order valence-electron chi connectivity index (χ2n) is 8.78. The van der Waals surface area contributed by atoms with Gasteiger partial charge in [0.2, 0.25) is 0 Å². The van der Waals surface area contributed by atoms with Crippen molar-refractivity contribution < 1.29 is 9.88 Å². The Kier molecular flexibility index (Phi) is 5.26. The maximum Gasteiger partial charge on any atom is 0.278 e. The second-order valence-corrected chi connectivity index (χ2v) is 9.80. The summed E-state index contributed by atoms with van der Waals surface area (Å²) in [6.07, 6.45) is 10.6. The summed E-state index contributed by atoms with van der Waals surface area (Å²) in [6, 6.07) is 0. The number of nitrogens with one attached hydrogen (secondary N) is 3. The molecular weight excluding hydrogens is 380 g/mol. The second kappa shape index (κ2) is 8.03. The van der Waals surface area contributed by atoms with Crippen molar-refractivity contribution >= 4 is 43.4 Å². The van der Waals surface area contributed by atoms with Crippen molar-refractivity contribution in [3.05, 3.63) is 17.5 Å². The molecule has 0 spiro atoms. The van der Waals surface area contributed by atoms with Gasteiger partial charge in [-0.25, -0.2) is 15.0 Å². The number of aromatic nitrogens is 3. The van der Waals surface area contributed by atoms with Crippen molar-refractivity contribution in [1.29, 1.82) is 0 Å². The zero-order valence-electron chi connectivity index (χ0n) is 17.6. The molecular formula is C22H32N6S+2. The molecule has 0 aromatic carbocycles. The minimum absolute atomic E-state index is 0.920. The summed E-state index contributed by atoms with van der Waals surface area (Å²) in [7, 11) is 4.36. The quantitative estimate of drug-likeness (QED) is 0.674. The standard InChI is InChI=1S/C22H30N6S/c1-27(2)13-10-23-20-19-18(24-14-25-20)17-15-8-4-5-9-16(15)21(26-22(17)29-19)28-11-6-3-7-12-28/h14H,3-13H2,1-2H3,(H,23,24,25)/p+2. The lowest BCUT2D eigenvalue weighted by atomic mass is 9.89. The van der Waals surface area contributed by atoms with Gasteiger partial charge in [0.05, 0.1) is 51.2 Å². The predicted octanol–water partition coefficient (Wildman–Crippen LogP) is 2.08. The summed E-state index contributed by atoms with van der Waals surface area (Å²) in [5.74, 6) is 2.37. The van der Waals surface area contributed by atoms with Crippen LogP contribution in [0.5, 0.6) is 0 Å². The molecule has 0 atom stereocenters. The number of nitrogens with zero attached hydrogens (tertiary/aromatic N) is 3. The fraction of sp³-hybridized carbons (Fsp3) is 0.591. The van der Waals surface area contributed by atoms with Crippen LogP contribution >= 0.6 is 11.3 Å². The minimum atomic E-state index is 0.920. The summed E-state index contributed by atoms with van der Waals surface area (Å²) in [4.78, 5) is 18.5. The molecule has 29 heavy (non-hydrogen) atoms. The highest BCUT2D eigenvalue weighted by Crippen LogP contribution is 2.41. The van der Waals surface area contributed by atoms with Crippen LogP contribution in [0.15, 0.2) is 6.33 Å². The third kappa shape index (κ3) is 3.55. The van der Waals surface area contributed by atoms with E-state index in [2.05, 4.69) is 34.3 Å². The van der Waals surface area contributed by atoms with E-state index < -0.39 is 0 Å². The lowest BCUT2D eigenvalue weighted by Gasteiger charge is -2.25. The molecule has 4 heterocycles. The molecule has 3 aromatic rings. The van der Waals surface area contributed by atoms with Gasteiger partial charge in [0.15, 0.2) is 4.83 Å². The number of rotatable bonds is 5. The van der Waals surface area contributed by atoms with E-state index in [-0.39, 0.29) is 0 Å². The van der Waals surface area contributed by atoms with E-state index in [4.69, 9.17) is 4.98 Å². The van der Waals surface area contributed by atoms with Crippen molar-refractivity contribution in [2.24, 2.45) is 0 Å². The van der Waals surface area contributed by atoms with Crippen LogP contribution in [0.1, 0.15) is 43.2 Å². The first-order valence-electron chi connectivity index (χ1n) is 11.1. The van der Waals surface area contributed by atoms with Crippen LogP contribution in [0.2, 0.25) is 0 Å². The molecule has 1 saturated heterocycles. The van der Waals surface area contributed by atoms with E-state index in [1.165, 1.54) is 83.7 Å². The Morgan fingerprint density at radius 2 is 1.86 bits per heavy atom. The van der Waals surface area contributed by atoms with Crippen molar-refractivity contribution in [1.82, 2.24) is 9.97 Å². The zero-order chi connectivity index (χ0) is 19.8. The van der Waals surface area contributed by atoms with Crippen LogP contribution in [-0.4, -0.2) is 50.2 Å². The number of anilines is 2. The van der Waals surface area contributed by atoms with Crippen molar-refractivity contribution in [2.75, 3.05) is 50.5 Å². The van der Waals surface area contributed by atoms with Gasteiger partial charge in [-0.15, -0.1) is 0 Å². The number of thiophene rings is 1. The molecule has 1 aliphatic heterocycles. The van der Waals surface area contributed by atoms with Crippen molar-refractivity contribution in [3.63, 3.8) is 0 Å². The molecule has 154 valence electrons. The highest BCUT2D eigenvalue weighted by atomic mass is 32.1. The van der Waals surface area contributed by atoms with Crippen molar-refractivity contribution in [2.45, 2.75) is 44.9 Å². The Labute approximate surface area is 176 Å². The maximum atomic E-state index is 4.74. The lowest BCUT2D eigenvalue weighted by Crippen LogP contribution is -3.06. The number of H-pyrrole nitrogens is 1. The van der Waals surface area contributed by atoms with E-state index in [0.717, 1.165) is 24.4 Å². The summed E-state index contributed by atoms with van der Waals surface area (Å²) in [5.41, 5.74) is 4.22. The number of aromatic amines is 1. The number of quaternary nitrogens is 1. The summed E-state index contributed by atoms with van der Waals surface area (Å²) < 4.78 is 1.19. The highest BCUT2D eigenvalue weighted by Gasteiger charge is 2.30. The van der Waals surface area contributed by atoms with E-state index in [1.54, 1.807) is 17.5 Å². The normalized spacial score (nSPS) is 17.3. The van der Waals surface area contributed by atoms with Crippen LogP contribution in [0.3, 0.4) is 0 Å². The first kappa shape index (κ1) is 19.0. The average molecular weight is 413 g/mol. The van der Waals surface area contributed by atoms with Gasteiger partial charge < -0.3 is 10.2 Å². The van der Waals surface area contributed by atoms with Gasteiger partial charge in [0.1, 0.15) is 16.8 Å². The SMILES string of the molecule is C[NH+](C)CCNc1ncnc2c1sc1[nH+]c(N3CCCCC3)c3c(c12)CCCC3. The minimum Gasteiger partial charge on any atom is -0.363 e. The van der Waals surface area contributed by atoms with Gasteiger partial charge >= 0.3 is 0 Å². The molecule has 3 N–H and O–H groups in total. The van der Waals surface area contributed by atoms with Crippen LogP contribution in [0.25, 0.3) is 20.4 Å². The monoisotopic (exact) mass is 412 g/mol. The van der Waals surface area contributed by atoms with E-state index in [0.29, 0.717) is 0 Å². The number of likely N-dealkylation sites (N-methyl/N-ethyl adjacent to an activating group) is 1. The summed E-state index contributed by atoms with van der Waals surface area (Å²) >= 11 is 1.82. The summed E-state index contributed by atoms with van der Waals surface area (Å²) in [6.45, 7) is 4.35. The van der Waals surface area contributed by atoms with E-state index >= 15 is 0 Å². The first-order chi connectivity index (χ1) is 14.2. The Balaban J connectivity index is 1.64. The number of aryl methyl sites for hydroxylation is 1. The molecule has 0 saturated carbocycles. The fourth-order valence-electron chi connectivity index (χ4n) is 4.85. The number of fused-ring (bicyclic) bond motifs is 5. The first-order valence-corrected chi connectivity index (χ1v) is 12.0. The number of hydrogen-bond acceptors (Lipinski definition) is 5. The number of pyridine rings is 1. The Morgan fingerprint density at radius 1 is 1.07 bits per heavy atom. The van der Waals surface area contributed by atoms with E-state index in [9.17, 15) is 0 Å². The molecule has 0 amide bonds. The Bertz CT molecular complexity index is 1020.